The van der Waals surface area contributed by atoms with Crippen LogP contribution in [0.25, 0.3) is 0 Å². The molecule has 0 aliphatic carbocycles. The molecule has 82 valence electrons. The van der Waals surface area contributed by atoms with Crippen molar-refractivity contribution in [3.63, 3.8) is 0 Å². The number of hydrogen-bond acceptors (Lipinski definition) is 4. The van der Waals surface area contributed by atoms with Gasteiger partial charge in [-0.05, 0) is 18.2 Å². The van der Waals surface area contributed by atoms with Gasteiger partial charge in [-0.1, -0.05) is 6.07 Å². The second-order valence-electron chi connectivity index (χ2n) is 3.30. The van der Waals surface area contributed by atoms with Gasteiger partial charge in [-0.2, -0.15) is 4.68 Å². The largest absolute Gasteiger partial charge is 0.478 e. The molecule has 1 heterocycles. The minimum absolute atomic E-state index is 0.103. The zero-order valence-corrected chi connectivity index (χ0v) is 8.38. The van der Waals surface area contributed by atoms with Gasteiger partial charge in [0, 0.05) is 7.05 Å². The van der Waals surface area contributed by atoms with Crippen molar-refractivity contribution >= 4 is 11.7 Å². The number of benzene rings is 1. The van der Waals surface area contributed by atoms with Gasteiger partial charge in [0.2, 0.25) is 0 Å². The maximum atomic E-state index is 10.9. The summed E-state index contributed by atoms with van der Waals surface area (Å²) >= 11 is 0. The van der Waals surface area contributed by atoms with Crippen molar-refractivity contribution in [2.45, 2.75) is 0 Å². The lowest BCUT2D eigenvalue weighted by molar-refractivity contribution is 0.0697. The summed E-state index contributed by atoms with van der Waals surface area (Å²) < 4.78 is 0.932. The summed E-state index contributed by atoms with van der Waals surface area (Å²) in [4.78, 5) is 32.5. The van der Waals surface area contributed by atoms with Crippen LogP contribution in [-0.4, -0.2) is 22.8 Å². The van der Waals surface area contributed by atoms with Gasteiger partial charge in [0.25, 0.3) is 0 Å². The molecule has 0 bridgehead atoms. The molecule has 16 heavy (non-hydrogen) atoms. The summed E-state index contributed by atoms with van der Waals surface area (Å²) in [6.45, 7) is 0. The molecule has 2 aromatic rings. The van der Waals surface area contributed by atoms with Gasteiger partial charge in [0.15, 0.2) is 0 Å². The first-order chi connectivity index (χ1) is 7.52. The van der Waals surface area contributed by atoms with Gasteiger partial charge in [-0.3, -0.25) is 14.6 Å². The van der Waals surface area contributed by atoms with Crippen molar-refractivity contribution in [3.05, 3.63) is 50.5 Å². The fourth-order valence-corrected chi connectivity index (χ4v) is 1.36. The lowest BCUT2D eigenvalue weighted by Crippen LogP contribution is -2.24. The number of carboxylic acid groups (broad SMARTS) is 1. The highest BCUT2D eigenvalue weighted by Gasteiger charge is 2.21. The molecule has 0 fully saturated rings. The van der Waals surface area contributed by atoms with E-state index in [0.717, 1.165) is 4.68 Å². The second-order valence-corrected chi connectivity index (χ2v) is 3.30. The molecule has 0 radical (unpaired) electrons. The van der Waals surface area contributed by atoms with Crippen LogP contribution in [0.1, 0.15) is 10.4 Å². The fourth-order valence-electron chi connectivity index (χ4n) is 1.36. The highest BCUT2D eigenvalue weighted by Crippen LogP contribution is 2.14. The molecular weight excluding hydrogens is 212 g/mol. The smallest absolute Gasteiger partial charge is 0.340 e. The molecule has 0 spiro atoms. The number of rotatable bonds is 3. The summed E-state index contributed by atoms with van der Waals surface area (Å²) in [7, 11) is 1.52. The predicted octanol–water partition coefficient (Wildman–Crippen LogP) is -0.318. The van der Waals surface area contributed by atoms with Crippen LogP contribution in [0.4, 0.5) is 5.69 Å². The van der Waals surface area contributed by atoms with Crippen molar-refractivity contribution in [2.24, 2.45) is 0 Å². The van der Waals surface area contributed by atoms with Gasteiger partial charge in [-0.25, -0.2) is 4.79 Å². The van der Waals surface area contributed by atoms with Crippen molar-refractivity contribution in [3.8, 4) is 0 Å². The highest BCUT2D eigenvalue weighted by atomic mass is 16.4. The van der Waals surface area contributed by atoms with Crippen LogP contribution in [0.5, 0.6) is 0 Å². The molecule has 1 aromatic heterocycles. The maximum Gasteiger partial charge on any atom is 0.340 e. The quantitative estimate of drug-likeness (QED) is 0.717. The first-order valence-electron chi connectivity index (χ1n) is 4.48. The SMILES string of the molecule is CN(c1cccc(C(=O)O)c1)n1c(=O)c1=O. The predicted molar refractivity (Wildman–Crippen MR) is 56.5 cm³/mol. The molecule has 2 rings (SSSR count). The average Bonchev–Trinajstić information content (AvgIpc) is 2.86. The number of aromatic nitrogens is 1. The molecule has 1 N–H and O–H groups in total. The van der Waals surface area contributed by atoms with Gasteiger partial charge in [-0.15, -0.1) is 0 Å². The number of nitrogens with zero attached hydrogens (tertiary/aromatic N) is 2. The van der Waals surface area contributed by atoms with E-state index in [1.807, 2.05) is 0 Å². The highest BCUT2D eigenvalue weighted by molar-refractivity contribution is 5.88. The molecule has 6 nitrogen and oxygen atoms in total. The average molecular weight is 220 g/mol. The van der Waals surface area contributed by atoms with Crippen LogP contribution in [0.3, 0.4) is 0 Å². The Labute approximate surface area is 89.6 Å². The molecule has 0 amide bonds. The number of carbonyl (C=O) groups is 1. The summed E-state index contributed by atoms with van der Waals surface area (Å²) in [5.74, 6) is -1.06. The van der Waals surface area contributed by atoms with Gasteiger partial charge >= 0.3 is 17.1 Å². The number of anilines is 1. The minimum Gasteiger partial charge on any atom is -0.478 e. The van der Waals surface area contributed by atoms with Crippen LogP contribution in [0.2, 0.25) is 0 Å². The normalized spacial score (nSPS) is 10.6. The van der Waals surface area contributed by atoms with Crippen molar-refractivity contribution < 1.29 is 9.90 Å². The van der Waals surface area contributed by atoms with E-state index in [1.54, 1.807) is 12.1 Å². The first-order valence-corrected chi connectivity index (χ1v) is 4.48. The summed E-state index contributed by atoms with van der Waals surface area (Å²) in [5, 5.41) is 10.1. The number of carboxylic acids is 1. The molecule has 0 aliphatic heterocycles. The Morgan fingerprint density at radius 1 is 1.31 bits per heavy atom. The summed E-state index contributed by atoms with van der Waals surface area (Å²) in [6, 6.07) is 5.99. The molecular formula is C10H8N2O4. The van der Waals surface area contributed by atoms with Crippen molar-refractivity contribution in [1.82, 2.24) is 4.68 Å². The van der Waals surface area contributed by atoms with Crippen molar-refractivity contribution in [2.75, 3.05) is 12.1 Å². The molecule has 0 saturated heterocycles. The van der Waals surface area contributed by atoms with Gasteiger partial charge in [0.05, 0.1) is 11.3 Å². The van der Waals surface area contributed by atoms with E-state index in [4.69, 9.17) is 5.11 Å². The van der Waals surface area contributed by atoms with E-state index in [2.05, 4.69) is 0 Å². The molecule has 1 aromatic carbocycles. The van der Waals surface area contributed by atoms with E-state index in [1.165, 1.54) is 24.2 Å². The first kappa shape index (κ1) is 10.2. The van der Waals surface area contributed by atoms with Crippen LogP contribution in [0, 0.1) is 0 Å². The van der Waals surface area contributed by atoms with E-state index in [9.17, 15) is 14.4 Å². The zero-order chi connectivity index (χ0) is 11.9. The Bertz CT molecular complexity index is 596. The third-order valence-corrected chi connectivity index (χ3v) is 2.28. The Morgan fingerprint density at radius 3 is 2.44 bits per heavy atom. The molecule has 0 aliphatic rings. The third kappa shape index (κ3) is 1.50. The molecule has 0 saturated carbocycles. The molecule has 6 heteroatoms. The van der Waals surface area contributed by atoms with Gasteiger partial charge < -0.3 is 5.11 Å². The Balaban J connectivity index is 2.38. The Hall–Kier alpha value is -2.37. The lowest BCUT2D eigenvalue weighted by Gasteiger charge is -2.14. The zero-order valence-electron chi connectivity index (χ0n) is 8.38. The third-order valence-electron chi connectivity index (χ3n) is 2.28. The Morgan fingerprint density at radius 2 is 1.94 bits per heavy atom. The van der Waals surface area contributed by atoms with E-state index < -0.39 is 17.1 Å². The van der Waals surface area contributed by atoms with E-state index in [0.29, 0.717) is 5.69 Å². The second kappa shape index (κ2) is 3.34. The minimum atomic E-state index is -1.06. The monoisotopic (exact) mass is 220 g/mol. The molecule has 0 atom stereocenters. The molecule has 0 unspecified atom stereocenters. The van der Waals surface area contributed by atoms with Gasteiger partial charge in [0.1, 0.15) is 0 Å². The topological polar surface area (TPSA) is 79.6 Å². The van der Waals surface area contributed by atoms with Crippen LogP contribution in [0.15, 0.2) is 33.9 Å². The summed E-state index contributed by atoms with van der Waals surface area (Å²) in [6.07, 6.45) is 0. The van der Waals surface area contributed by atoms with E-state index in [-0.39, 0.29) is 5.56 Å². The van der Waals surface area contributed by atoms with Crippen LogP contribution in [-0.2, 0) is 0 Å². The van der Waals surface area contributed by atoms with Crippen molar-refractivity contribution in [1.29, 1.82) is 0 Å². The lowest BCUT2D eigenvalue weighted by atomic mass is 10.2. The van der Waals surface area contributed by atoms with Crippen LogP contribution < -0.4 is 16.1 Å². The van der Waals surface area contributed by atoms with Crippen LogP contribution >= 0.6 is 0 Å². The number of aromatic carboxylic acids is 1. The fraction of sp³-hybridized carbons (Fsp3) is 0.100. The van der Waals surface area contributed by atoms with E-state index >= 15 is 0 Å². The maximum absolute atomic E-state index is 10.9. The standard InChI is InChI=1S/C10H8N2O4/c1-11(12-8(13)9(12)14)7-4-2-3-6(5-7)10(15)16/h2-5H,1H3,(H,15,16). The number of hydrogen-bond donors (Lipinski definition) is 1. The Kier molecular flexibility index (Phi) is 2.12. The summed E-state index contributed by atoms with van der Waals surface area (Å²) in [5.41, 5.74) is -0.614.